The van der Waals surface area contributed by atoms with Crippen molar-refractivity contribution in [1.82, 2.24) is 19.7 Å². The number of rotatable bonds is 2. The van der Waals surface area contributed by atoms with Crippen molar-refractivity contribution in [2.45, 2.75) is 32.7 Å². The van der Waals surface area contributed by atoms with Crippen LogP contribution < -0.4 is 10.1 Å². The van der Waals surface area contributed by atoms with Crippen LogP contribution in [0.4, 0.5) is 5.82 Å². The maximum Gasteiger partial charge on any atom is 0.257 e. The number of anilines is 1. The number of hydrogen-bond donors (Lipinski definition) is 1. The molecule has 0 unspecified atom stereocenters. The maximum absolute atomic E-state index is 12.9. The number of nitrogens with one attached hydrogen (secondary N) is 1. The highest BCUT2D eigenvalue weighted by Crippen LogP contribution is 2.23. The minimum absolute atomic E-state index is 0.183. The Bertz CT molecular complexity index is 967. The molecule has 138 valence electrons. The lowest BCUT2D eigenvalue weighted by Crippen LogP contribution is -2.15. The van der Waals surface area contributed by atoms with Crippen molar-refractivity contribution in [3.8, 4) is 17.3 Å². The number of hydrogen-bond acceptors (Lipinski definition) is 5. The highest BCUT2D eigenvalue weighted by Gasteiger charge is 2.16. The van der Waals surface area contributed by atoms with E-state index in [1.807, 2.05) is 41.8 Å². The van der Waals surface area contributed by atoms with Crippen LogP contribution in [0.1, 0.15) is 35.7 Å². The fourth-order valence-electron chi connectivity index (χ4n) is 3.27. The van der Waals surface area contributed by atoms with E-state index in [9.17, 15) is 4.79 Å². The summed E-state index contributed by atoms with van der Waals surface area (Å²) in [5, 5.41) is 11.1. The summed E-state index contributed by atoms with van der Waals surface area (Å²) in [6, 6.07) is 11.2. The number of ether oxygens (including phenoxy) is 1. The van der Waals surface area contributed by atoms with E-state index < -0.39 is 0 Å². The van der Waals surface area contributed by atoms with Crippen molar-refractivity contribution >= 4 is 11.7 Å². The first-order valence-corrected chi connectivity index (χ1v) is 9.17. The molecule has 1 aromatic carbocycles. The van der Waals surface area contributed by atoms with E-state index in [4.69, 9.17) is 4.74 Å². The molecule has 0 saturated carbocycles. The molecule has 0 fully saturated rings. The lowest BCUT2D eigenvalue weighted by molar-refractivity contribution is 0.102. The first-order chi connectivity index (χ1) is 13.2. The van der Waals surface area contributed by atoms with Gasteiger partial charge in [-0.1, -0.05) is 12.1 Å². The van der Waals surface area contributed by atoms with Gasteiger partial charge >= 0.3 is 0 Å². The van der Waals surface area contributed by atoms with Gasteiger partial charge in [0.1, 0.15) is 23.6 Å². The number of carbonyl (C=O) groups is 1. The van der Waals surface area contributed by atoms with Gasteiger partial charge < -0.3 is 14.6 Å². The van der Waals surface area contributed by atoms with Crippen LogP contribution in [0, 0.1) is 0 Å². The summed E-state index contributed by atoms with van der Waals surface area (Å²) in [6.45, 7) is 3.29. The summed E-state index contributed by atoms with van der Waals surface area (Å²) >= 11 is 0. The Morgan fingerprint density at radius 2 is 2.15 bits per heavy atom. The zero-order chi connectivity index (χ0) is 18.6. The van der Waals surface area contributed by atoms with E-state index in [2.05, 4.69) is 20.5 Å². The summed E-state index contributed by atoms with van der Waals surface area (Å²) in [4.78, 5) is 17.5. The Hall–Kier alpha value is -3.22. The zero-order valence-electron chi connectivity index (χ0n) is 15.2. The van der Waals surface area contributed by atoms with Gasteiger partial charge in [0.05, 0.1) is 6.61 Å². The number of aromatic nitrogens is 4. The van der Waals surface area contributed by atoms with Crippen molar-refractivity contribution in [3.63, 3.8) is 0 Å². The highest BCUT2D eigenvalue weighted by molar-refractivity contribution is 6.05. The molecule has 3 aromatic rings. The first kappa shape index (κ1) is 17.2. The molecule has 7 heteroatoms. The van der Waals surface area contributed by atoms with Crippen molar-refractivity contribution < 1.29 is 9.53 Å². The molecule has 0 radical (unpaired) electrons. The fourth-order valence-corrected chi connectivity index (χ4v) is 3.27. The lowest BCUT2D eigenvalue weighted by Gasteiger charge is -2.12. The van der Waals surface area contributed by atoms with Crippen LogP contribution >= 0.6 is 0 Å². The number of carbonyl (C=O) groups excluding carboxylic acids is 1. The fraction of sp³-hybridized carbons (Fsp3) is 0.300. The van der Waals surface area contributed by atoms with Crippen molar-refractivity contribution in [2.24, 2.45) is 0 Å². The van der Waals surface area contributed by atoms with Crippen LogP contribution in [-0.4, -0.2) is 32.3 Å². The summed E-state index contributed by atoms with van der Waals surface area (Å²) in [6.07, 6.45) is 4.46. The number of fused-ring (bicyclic) bond motifs is 5. The minimum Gasteiger partial charge on any atom is -0.494 e. The van der Waals surface area contributed by atoms with E-state index in [-0.39, 0.29) is 5.91 Å². The van der Waals surface area contributed by atoms with Crippen LogP contribution in [0.25, 0.3) is 11.5 Å². The maximum atomic E-state index is 12.9. The third-order valence-corrected chi connectivity index (χ3v) is 4.57. The standard InChI is InChI=1S/C20H21N5O2/c1-2-27-15-10-9-14-6-3-4-11-25-13-21-24-19(25)17-7-5-8-18(22-17)23-20(26)16(14)12-15/h5,7-10,12-13H,2-4,6,11H2,1H3,(H,22,23,26). The van der Waals surface area contributed by atoms with Crippen molar-refractivity contribution in [1.29, 1.82) is 0 Å². The molecule has 1 N–H and O–H groups in total. The lowest BCUT2D eigenvalue weighted by atomic mass is 10.0. The average molecular weight is 363 g/mol. The van der Waals surface area contributed by atoms with Gasteiger partial charge in [-0.15, -0.1) is 10.2 Å². The summed E-state index contributed by atoms with van der Waals surface area (Å²) in [7, 11) is 0. The molecule has 2 aromatic heterocycles. The molecule has 0 aliphatic carbocycles. The molecule has 1 aliphatic rings. The Kier molecular flexibility index (Phi) is 4.82. The monoisotopic (exact) mass is 363 g/mol. The van der Waals surface area contributed by atoms with Gasteiger partial charge in [0.15, 0.2) is 5.82 Å². The SMILES string of the molecule is CCOc1ccc2c(c1)C(=O)Nc1cccc(n1)-c1nncn1CCCC2. The third kappa shape index (κ3) is 3.67. The van der Waals surface area contributed by atoms with Gasteiger partial charge in [0.2, 0.25) is 0 Å². The molecule has 0 spiro atoms. The molecule has 27 heavy (non-hydrogen) atoms. The Labute approximate surface area is 157 Å². The number of benzene rings is 1. The first-order valence-electron chi connectivity index (χ1n) is 9.17. The van der Waals surface area contributed by atoms with Gasteiger partial charge in [-0.05, 0) is 56.0 Å². The number of amides is 1. The normalized spacial score (nSPS) is 14.0. The molecular weight excluding hydrogens is 342 g/mol. The number of aryl methyl sites for hydroxylation is 2. The van der Waals surface area contributed by atoms with Crippen LogP contribution in [0.15, 0.2) is 42.7 Å². The molecule has 0 atom stereocenters. The predicted molar refractivity (Wildman–Crippen MR) is 102 cm³/mol. The van der Waals surface area contributed by atoms with E-state index >= 15 is 0 Å². The van der Waals surface area contributed by atoms with Gasteiger partial charge in [0, 0.05) is 12.1 Å². The van der Waals surface area contributed by atoms with E-state index in [1.54, 1.807) is 12.4 Å². The molecule has 4 rings (SSSR count). The highest BCUT2D eigenvalue weighted by atomic mass is 16.5. The molecule has 2 bridgehead atoms. The van der Waals surface area contributed by atoms with Crippen LogP contribution in [0.2, 0.25) is 0 Å². The predicted octanol–water partition coefficient (Wildman–Crippen LogP) is 3.33. The molecule has 1 amide bonds. The van der Waals surface area contributed by atoms with Crippen LogP contribution in [-0.2, 0) is 13.0 Å². The largest absolute Gasteiger partial charge is 0.494 e. The quantitative estimate of drug-likeness (QED) is 0.755. The molecule has 7 nitrogen and oxygen atoms in total. The second-order valence-electron chi connectivity index (χ2n) is 6.42. The van der Waals surface area contributed by atoms with E-state index in [0.717, 1.165) is 31.4 Å². The van der Waals surface area contributed by atoms with Gasteiger partial charge in [-0.25, -0.2) is 4.98 Å². The molecular formula is C20H21N5O2. The average Bonchev–Trinajstić information content (AvgIpc) is 3.14. The van der Waals surface area contributed by atoms with Crippen molar-refractivity contribution in [3.05, 3.63) is 53.9 Å². The molecule has 3 heterocycles. The smallest absolute Gasteiger partial charge is 0.257 e. The summed E-state index contributed by atoms with van der Waals surface area (Å²) < 4.78 is 7.58. The minimum atomic E-state index is -0.183. The van der Waals surface area contributed by atoms with Gasteiger partial charge in [0.25, 0.3) is 5.91 Å². The second-order valence-corrected chi connectivity index (χ2v) is 6.42. The third-order valence-electron chi connectivity index (χ3n) is 4.57. The van der Waals surface area contributed by atoms with E-state index in [1.165, 1.54) is 0 Å². The number of pyridine rings is 1. The van der Waals surface area contributed by atoms with Gasteiger partial charge in [-0.3, -0.25) is 4.79 Å². The summed E-state index contributed by atoms with van der Waals surface area (Å²) in [5.74, 6) is 1.71. The van der Waals surface area contributed by atoms with Gasteiger partial charge in [-0.2, -0.15) is 0 Å². The topological polar surface area (TPSA) is 81.9 Å². The number of nitrogens with zero attached hydrogens (tertiary/aromatic N) is 4. The van der Waals surface area contributed by atoms with Crippen LogP contribution in [0.5, 0.6) is 5.75 Å². The second kappa shape index (κ2) is 7.57. The molecule has 0 saturated heterocycles. The van der Waals surface area contributed by atoms with Crippen molar-refractivity contribution in [2.75, 3.05) is 11.9 Å². The Balaban J connectivity index is 1.74. The Morgan fingerprint density at radius 3 is 3.04 bits per heavy atom. The molecule has 1 aliphatic heterocycles. The zero-order valence-corrected chi connectivity index (χ0v) is 15.2. The Morgan fingerprint density at radius 1 is 1.22 bits per heavy atom. The summed E-state index contributed by atoms with van der Waals surface area (Å²) in [5.41, 5.74) is 2.33. The van der Waals surface area contributed by atoms with Crippen LogP contribution in [0.3, 0.4) is 0 Å². The van der Waals surface area contributed by atoms with E-state index in [0.29, 0.717) is 35.3 Å².